The van der Waals surface area contributed by atoms with E-state index in [9.17, 15) is 18.0 Å². The minimum absolute atomic E-state index is 0.0205. The summed E-state index contributed by atoms with van der Waals surface area (Å²) in [4.78, 5) is 30.3. The summed E-state index contributed by atoms with van der Waals surface area (Å²) in [5, 5.41) is 8.31. The number of sulfonamides is 1. The van der Waals surface area contributed by atoms with Crippen molar-refractivity contribution in [2.75, 3.05) is 32.7 Å². The zero-order valence-corrected chi connectivity index (χ0v) is 27.4. The molecule has 244 valence electrons. The topological polar surface area (TPSA) is 113 Å². The van der Waals surface area contributed by atoms with Crippen molar-refractivity contribution in [3.05, 3.63) is 131 Å². The van der Waals surface area contributed by atoms with Gasteiger partial charge in [0.25, 0.3) is 0 Å². The summed E-state index contributed by atoms with van der Waals surface area (Å²) in [6, 6.07) is 32.2. The van der Waals surface area contributed by atoms with Crippen molar-refractivity contribution in [2.45, 2.75) is 37.1 Å². The number of carbonyl (C=O) groups is 2. The summed E-state index contributed by atoms with van der Waals surface area (Å²) >= 11 is 0. The number of benzene rings is 4. The van der Waals surface area contributed by atoms with Crippen LogP contribution in [-0.2, 0) is 39.0 Å². The Kier molecular flexibility index (Phi) is 11.7. The number of nitrogens with one attached hydrogen (secondary N) is 1. The second-order valence-corrected chi connectivity index (χ2v) is 13.5. The van der Waals surface area contributed by atoms with Gasteiger partial charge in [-0.05, 0) is 90.0 Å². The summed E-state index contributed by atoms with van der Waals surface area (Å²) in [6.07, 6.45) is 6.73. The summed E-state index contributed by atoms with van der Waals surface area (Å²) in [7, 11) is -3.78. The first-order valence-electron chi connectivity index (χ1n) is 16.0. The van der Waals surface area contributed by atoms with Crippen LogP contribution in [0.15, 0.2) is 114 Å². The molecule has 9 heteroatoms. The predicted molar refractivity (Wildman–Crippen MR) is 187 cm³/mol. The quantitative estimate of drug-likeness (QED) is 0.186. The molecule has 0 aliphatic carbocycles. The second-order valence-electron chi connectivity index (χ2n) is 11.9. The maximum absolute atomic E-state index is 13.5. The van der Waals surface area contributed by atoms with E-state index in [-0.39, 0.29) is 16.7 Å². The molecule has 1 heterocycles. The fraction of sp³-hybridized carbons (Fsp3) is 0.263. The van der Waals surface area contributed by atoms with Crippen molar-refractivity contribution in [3.63, 3.8) is 0 Å². The first kappa shape index (κ1) is 33.8. The van der Waals surface area contributed by atoms with E-state index < -0.39 is 10.0 Å². The number of rotatable bonds is 14. The Balaban J connectivity index is 1.27. The van der Waals surface area contributed by atoms with Gasteiger partial charge in [-0.2, -0.15) is 0 Å². The normalized spacial score (nSPS) is 13.6. The number of nitrogens with zero attached hydrogens (tertiary/aromatic N) is 2. The fourth-order valence-electron chi connectivity index (χ4n) is 5.75. The van der Waals surface area contributed by atoms with Crippen LogP contribution in [0.3, 0.4) is 0 Å². The average Bonchev–Trinajstić information content (AvgIpc) is 3.60. The van der Waals surface area contributed by atoms with Gasteiger partial charge in [-0.15, -0.1) is 0 Å². The Morgan fingerprint density at radius 2 is 1.47 bits per heavy atom. The third-order valence-corrected chi connectivity index (χ3v) is 9.26. The van der Waals surface area contributed by atoms with Gasteiger partial charge < -0.3 is 15.1 Å². The Morgan fingerprint density at radius 1 is 0.809 bits per heavy atom. The molecule has 0 aromatic heterocycles. The van der Waals surface area contributed by atoms with E-state index in [2.05, 4.69) is 22.3 Å². The third kappa shape index (κ3) is 10.5. The molecule has 1 fully saturated rings. The summed E-state index contributed by atoms with van der Waals surface area (Å²) in [6.45, 7) is 4.61. The molecule has 1 aliphatic heterocycles. The lowest BCUT2D eigenvalue weighted by Gasteiger charge is -2.22. The van der Waals surface area contributed by atoms with Gasteiger partial charge in [-0.1, -0.05) is 84.9 Å². The number of nitrogens with two attached hydrogens (primary N) is 1. The molecule has 4 aromatic carbocycles. The minimum Gasteiger partial charge on any atom is -0.355 e. The highest BCUT2D eigenvalue weighted by Crippen LogP contribution is 2.23. The molecule has 3 N–H and O–H groups in total. The number of carbonyl (C=O) groups excluding carboxylic acids is 2. The fourth-order valence-corrected chi connectivity index (χ4v) is 6.27. The van der Waals surface area contributed by atoms with Crippen LogP contribution in [-0.4, -0.2) is 62.8 Å². The van der Waals surface area contributed by atoms with Crippen LogP contribution in [0.4, 0.5) is 0 Å². The molecule has 4 aromatic rings. The first-order valence-corrected chi connectivity index (χ1v) is 17.6. The van der Waals surface area contributed by atoms with E-state index in [1.54, 1.807) is 29.2 Å². The lowest BCUT2D eigenvalue weighted by atomic mass is 9.99. The summed E-state index contributed by atoms with van der Waals surface area (Å²) in [5.74, 6) is -0.106. The summed E-state index contributed by atoms with van der Waals surface area (Å²) < 4.78 is 23.3. The second kappa shape index (κ2) is 16.3. The number of likely N-dealkylation sites (tertiary alicyclic amines) is 1. The van der Waals surface area contributed by atoms with E-state index >= 15 is 0 Å². The monoisotopic (exact) mass is 650 g/mol. The van der Waals surface area contributed by atoms with Crippen molar-refractivity contribution in [1.82, 2.24) is 15.1 Å². The van der Waals surface area contributed by atoms with Crippen molar-refractivity contribution in [3.8, 4) is 11.1 Å². The Bertz CT molecular complexity index is 1780. The molecule has 0 unspecified atom stereocenters. The zero-order chi connectivity index (χ0) is 33.1. The van der Waals surface area contributed by atoms with Crippen molar-refractivity contribution in [1.29, 1.82) is 0 Å². The Labute approximate surface area is 278 Å². The lowest BCUT2D eigenvalue weighted by molar-refractivity contribution is -0.126. The van der Waals surface area contributed by atoms with Gasteiger partial charge in [0.15, 0.2) is 0 Å². The first-order chi connectivity index (χ1) is 22.7. The van der Waals surface area contributed by atoms with E-state index in [0.717, 1.165) is 53.0 Å². The summed E-state index contributed by atoms with van der Waals surface area (Å²) in [5.41, 5.74) is 5.76. The van der Waals surface area contributed by atoms with Gasteiger partial charge in [-0.3, -0.25) is 9.59 Å². The lowest BCUT2D eigenvalue weighted by Crippen LogP contribution is -2.34. The molecule has 0 atom stereocenters. The van der Waals surface area contributed by atoms with Crippen LogP contribution in [0.5, 0.6) is 0 Å². The highest BCUT2D eigenvalue weighted by Gasteiger charge is 2.15. The molecule has 0 saturated carbocycles. The van der Waals surface area contributed by atoms with Crippen molar-refractivity contribution in [2.24, 2.45) is 5.14 Å². The molecule has 0 radical (unpaired) electrons. The van der Waals surface area contributed by atoms with Crippen LogP contribution < -0.4 is 10.5 Å². The molecular weight excluding hydrogens is 609 g/mol. The Morgan fingerprint density at radius 3 is 2.15 bits per heavy atom. The van der Waals surface area contributed by atoms with E-state index in [1.165, 1.54) is 25.0 Å². The number of hydrogen-bond donors (Lipinski definition) is 2. The highest BCUT2D eigenvalue weighted by molar-refractivity contribution is 7.89. The maximum atomic E-state index is 13.5. The molecular formula is C38H42N4O4S. The third-order valence-electron chi connectivity index (χ3n) is 8.33. The molecule has 1 aliphatic rings. The van der Waals surface area contributed by atoms with Crippen LogP contribution >= 0.6 is 0 Å². The molecule has 1 saturated heterocycles. The van der Waals surface area contributed by atoms with Gasteiger partial charge >= 0.3 is 0 Å². The minimum atomic E-state index is -3.78. The van der Waals surface area contributed by atoms with E-state index in [1.807, 2.05) is 66.7 Å². The van der Waals surface area contributed by atoms with Gasteiger partial charge in [0.05, 0.1) is 11.3 Å². The smallest absolute Gasteiger partial charge is 0.246 e. The van der Waals surface area contributed by atoms with Crippen LogP contribution in [0.2, 0.25) is 0 Å². The maximum Gasteiger partial charge on any atom is 0.246 e. The predicted octanol–water partition coefficient (Wildman–Crippen LogP) is 5.04. The average molecular weight is 651 g/mol. The van der Waals surface area contributed by atoms with Gasteiger partial charge in [0.2, 0.25) is 21.8 Å². The molecule has 2 amide bonds. The van der Waals surface area contributed by atoms with Gasteiger partial charge in [0.1, 0.15) is 0 Å². The van der Waals surface area contributed by atoms with Gasteiger partial charge in [0, 0.05) is 32.3 Å². The largest absolute Gasteiger partial charge is 0.355 e. The van der Waals surface area contributed by atoms with E-state index in [0.29, 0.717) is 32.5 Å². The molecule has 47 heavy (non-hydrogen) atoms. The van der Waals surface area contributed by atoms with Crippen LogP contribution in [0.1, 0.15) is 35.1 Å². The Hall–Kier alpha value is -4.57. The molecule has 0 bridgehead atoms. The van der Waals surface area contributed by atoms with Gasteiger partial charge in [-0.25, -0.2) is 13.6 Å². The number of primary sulfonamides is 1. The number of amides is 2. The van der Waals surface area contributed by atoms with Crippen molar-refractivity contribution < 1.29 is 18.0 Å². The molecule has 0 spiro atoms. The van der Waals surface area contributed by atoms with Crippen LogP contribution in [0.25, 0.3) is 17.2 Å². The standard InChI is InChI=1S/C38H42N4O4S/c39-47(45,46)36-17-14-31(15-18-36)20-24-42(38(44)19-16-30-8-2-1-3-9-30)29-33-11-7-13-35(27-33)34-12-6-10-32(26-34)28-37(43)40-21-25-41-22-4-5-23-41/h1-3,6-19,26-27H,4-5,20-25,28-29H2,(H,40,43)(H2,39,45,46)/b19-16+. The molecule has 8 nitrogen and oxygen atoms in total. The van der Waals surface area contributed by atoms with E-state index in [4.69, 9.17) is 5.14 Å². The SMILES string of the molecule is NS(=O)(=O)c1ccc(CCN(Cc2cccc(-c3cccc(CC(=O)NCCN4CCCC4)c3)c2)C(=O)/C=C/c2ccccc2)cc1. The number of hydrogen-bond acceptors (Lipinski definition) is 5. The molecule has 5 rings (SSSR count). The van der Waals surface area contributed by atoms with Crippen molar-refractivity contribution >= 4 is 27.9 Å². The van der Waals surface area contributed by atoms with Crippen LogP contribution in [0, 0.1) is 0 Å². The highest BCUT2D eigenvalue weighted by atomic mass is 32.2. The zero-order valence-electron chi connectivity index (χ0n) is 26.6.